The molecule has 0 bridgehead atoms. The molecule has 0 N–H and O–H groups in total. The third kappa shape index (κ3) is 4.39. The van der Waals surface area contributed by atoms with Crippen molar-refractivity contribution < 1.29 is 18.4 Å². The number of hydrogen-bond donors (Lipinski definition) is 0. The van der Waals surface area contributed by atoms with E-state index in [1.165, 1.54) is 6.07 Å². The Bertz CT molecular complexity index is 989. The zero-order valence-electron chi connectivity index (χ0n) is 14.6. The minimum Gasteiger partial charge on any atom is -0.457 e. The zero-order chi connectivity index (χ0) is 19.6. The lowest BCUT2D eigenvalue weighted by molar-refractivity contribution is -0.147. The van der Waals surface area contributed by atoms with Gasteiger partial charge >= 0.3 is 5.97 Å². The third-order valence-corrected chi connectivity index (χ3v) is 5.13. The number of nitrogens with zero attached hydrogens (tertiary/aromatic N) is 1. The fourth-order valence-corrected chi connectivity index (χ4v) is 3.25. The number of carbonyl (C=O) groups excluding carboxylic acids is 1. The number of ether oxygens (including phenoxy) is 1. The topological polar surface area (TPSA) is 52.3 Å². The van der Waals surface area contributed by atoms with Crippen molar-refractivity contribution >= 4 is 33.5 Å². The van der Waals surface area contributed by atoms with Gasteiger partial charge in [0.2, 0.25) is 0 Å². The fourth-order valence-electron chi connectivity index (χ4n) is 2.71. The van der Waals surface area contributed by atoms with E-state index in [1.54, 1.807) is 38.1 Å². The van der Waals surface area contributed by atoms with Gasteiger partial charge in [-0.3, -0.25) is 4.79 Å². The molecule has 140 valence electrons. The van der Waals surface area contributed by atoms with Gasteiger partial charge in [-0.2, -0.15) is 0 Å². The number of rotatable bonds is 5. The molecule has 0 saturated carbocycles. The molecule has 1 aromatic heterocycles. The highest BCUT2D eigenvalue weighted by Gasteiger charge is 2.21. The van der Waals surface area contributed by atoms with Crippen molar-refractivity contribution in [3.63, 3.8) is 0 Å². The van der Waals surface area contributed by atoms with Crippen molar-refractivity contribution in [3.8, 4) is 11.3 Å². The summed E-state index contributed by atoms with van der Waals surface area (Å²) in [4.78, 5) is 12.4. The normalized spacial score (nSPS) is 12.0. The minimum atomic E-state index is -0.500. The molecule has 3 aromatic rings. The number of aromatic nitrogens is 1. The molecule has 0 amide bonds. The van der Waals surface area contributed by atoms with Crippen molar-refractivity contribution in [1.82, 2.24) is 5.16 Å². The molecule has 0 unspecified atom stereocenters. The van der Waals surface area contributed by atoms with E-state index in [-0.39, 0.29) is 6.42 Å². The van der Waals surface area contributed by atoms with Crippen LogP contribution in [0.5, 0.6) is 0 Å². The first kappa shape index (κ1) is 19.6. The highest BCUT2D eigenvalue weighted by molar-refractivity contribution is 9.10. The van der Waals surface area contributed by atoms with Crippen molar-refractivity contribution in [1.29, 1.82) is 0 Å². The van der Waals surface area contributed by atoms with Crippen molar-refractivity contribution in [2.24, 2.45) is 0 Å². The van der Waals surface area contributed by atoms with Crippen LogP contribution in [0, 0.1) is 12.7 Å². The lowest BCUT2D eigenvalue weighted by Gasteiger charge is -2.15. The molecule has 0 aliphatic heterocycles. The molecule has 0 saturated heterocycles. The van der Waals surface area contributed by atoms with Crippen LogP contribution in [-0.4, -0.2) is 11.1 Å². The average Bonchev–Trinajstić information content (AvgIpc) is 2.98. The van der Waals surface area contributed by atoms with Crippen molar-refractivity contribution in [3.05, 3.63) is 74.6 Å². The molecule has 1 heterocycles. The molecule has 0 spiro atoms. The summed E-state index contributed by atoms with van der Waals surface area (Å²) in [6, 6.07) is 11.8. The van der Waals surface area contributed by atoms with Crippen LogP contribution in [-0.2, 0) is 16.0 Å². The molecule has 0 fully saturated rings. The number of benzene rings is 2. The molecule has 3 rings (SSSR count). The summed E-state index contributed by atoms with van der Waals surface area (Å²) in [5.41, 5.74) is 2.34. The van der Waals surface area contributed by atoms with Gasteiger partial charge in [-0.15, -0.1) is 0 Å². The van der Waals surface area contributed by atoms with Gasteiger partial charge in [-0.05, 0) is 54.0 Å². The van der Waals surface area contributed by atoms with E-state index in [0.717, 1.165) is 5.56 Å². The number of hydrogen-bond acceptors (Lipinski definition) is 4. The molecule has 1 atom stereocenters. The van der Waals surface area contributed by atoms with E-state index in [1.807, 2.05) is 12.1 Å². The highest BCUT2D eigenvalue weighted by Crippen LogP contribution is 2.30. The summed E-state index contributed by atoms with van der Waals surface area (Å²) in [5.74, 6) is -0.531. The first-order valence-corrected chi connectivity index (χ1v) is 9.38. The van der Waals surface area contributed by atoms with Crippen LogP contribution >= 0.6 is 27.5 Å². The van der Waals surface area contributed by atoms with Crippen LogP contribution in [0.1, 0.15) is 29.8 Å². The second kappa shape index (κ2) is 8.23. The van der Waals surface area contributed by atoms with Crippen LogP contribution in [0.15, 0.2) is 51.5 Å². The van der Waals surface area contributed by atoms with Crippen LogP contribution in [0.4, 0.5) is 4.39 Å². The van der Waals surface area contributed by atoms with Gasteiger partial charge in [-0.1, -0.05) is 35.0 Å². The molecule has 0 aliphatic carbocycles. The lowest BCUT2D eigenvalue weighted by atomic mass is 10.0. The summed E-state index contributed by atoms with van der Waals surface area (Å²) in [7, 11) is 0. The van der Waals surface area contributed by atoms with Gasteiger partial charge in [0.15, 0.2) is 5.76 Å². The second-order valence-electron chi connectivity index (χ2n) is 6.03. The molecule has 2 aromatic carbocycles. The molecular weight excluding hydrogens is 437 g/mol. The Morgan fingerprint density at radius 2 is 2.07 bits per heavy atom. The van der Waals surface area contributed by atoms with E-state index in [2.05, 4.69) is 21.1 Å². The van der Waals surface area contributed by atoms with Crippen molar-refractivity contribution in [2.75, 3.05) is 0 Å². The number of carbonyl (C=O) groups is 1. The van der Waals surface area contributed by atoms with Gasteiger partial charge in [0, 0.05) is 21.7 Å². The van der Waals surface area contributed by atoms with Gasteiger partial charge in [0.1, 0.15) is 11.9 Å². The SMILES string of the molecule is Cc1noc(-c2ccc(Br)c(F)c2)c1CC(=O)O[C@H](C)c1ccccc1Cl. The van der Waals surface area contributed by atoms with E-state index < -0.39 is 17.9 Å². The predicted molar refractivity (Wildman–Crippen MR) is 104 cm³/mol. The Labute approximate surface area is 169 Å². The molecule has 7 heteroatoms. The van der Waals surface area contributed by atoms with Crippen molar-refractivity contribution in [2.45, 2.75) is 26.4 Å². The Kier molecular flexibility index (Phi) is 5.97. The molecule has 4 nitrogen and oxygen atoms in total. The molecular formula is C20H16BrClFNO3. The Morgan fingerprint density at radius 3 is 2.78 bits per heavy atom. The molecule has 27 heavy (non-hydrogen) atoms. The summed E-state index contributed by atoms with van der Waals surface area (Å²) in [5, 5.41) is 4.44. The monoisotopic (exact) mass is 451 g/mol. The van der Waals surface area contributed by atoms with Crippen LogP contribution in [0.3, 0.4) is 0 Å². The summed E-state index contributed by atoms with van der Waals surface area (Å²) in [6.07, 6.45) is -0.545. The smallest absolute Gasteiger partial charge is 0.311 e. The fraction of sp³-hybridized carbons (Fsp3) is 0.200. The number of aryl methyl sites for hydroxylation is 1. The van der Waals surface area contributed by atoms with Crippen LogP contribution in [0.2, 0.25) is 5.02 Å². The number of esters is 1. The second-order valence-corrected chi connectivity index (χ2v) is 7.30. The first-order valence-electron chi connectivity index (χ1n) is 8.21. The molecule has 0 radical (unpaired) electrons. The Hall–Kier alpha value is -2.18. The van der Waals surface area contributed by atoms with E-state index in [4.69, 9.17) is 20.9 Å². The van der Waals surface area contributed by atoms with E-state index in [9.17, 15) is 9.18 Å². The summed E-state index contributed by atoms with van der Waals surface area (Å²) in [6.45, 7) is 3.48. The van der Waals surface area contributed by atoms with Gasteiger partial charge in [0.25, 0.3) is 0 Å². The first-order chi connectivity index (χ1) is 12.9. The van der Waals surface area contributed by atoms with Gasteiger partial charge in [-0.25, -0.2) is 4.39 Å². The maximum Gasteiger partial charge on any atom is 0.311 e. The quantitative estimate of drug-likeness (QED) is 0.442. The average molecular weight is 453 g/mol. The summed E-state index contributed by atoms with van der Waals surface area (Å²) >= 11 is 9.26. The maximum absolute atomic E-state index is 13.9. The predicted octanol–water partition coefficient (Wildman–Crippen LogP) is 6.05. The largest absolute Gasteiger partial charge is 0.457 e. The van der Waals surface area contributed by atoms with E-state index in [0.29, 0.717) is 32.1 Å². The minimum absolute atomic E-state index is 0.0445. The third-order valence-electron chi connectivity index (χ3n) is 4.14. The van der Waals surface area contributed by atoms with Gasteiger partial charge < -0.3 is 9.26 Å². The van der Waals surface area contributed by atoms with Gasteiger partial charge in [0.05, 0.1) is 16.6 Å². The molecule has 0 aliphatic rings. The van der Waals surface area contributed by atoms with E-state index >= 15 is 0 Å². The summed E-state index contributed by atoms with van der Waals surface area (Å²) < 4.78 is 25.0. The Morgan fingerprint density at radius 1 is 1.33 bits per heavy atom. The highest BCUT2D eigenvalue weighted by atomic mass is 79.9. The van der Waals surface area contributed by atoms with Crippen LogP contribution < -0.4 is 0 Å². The van der Waals surface area contributed by atoms with Crippen LogP contribution in [0.25, 0.3) is 11.3 Å². The maximum atomic E-state index is 13.9. The number of halogens is 3. The lowest BCUT2D eigenvalue weighted by Crippen LogP contribution is -2.12. The zero-order valence-corrected chi connectivity index (χ0v) is 17.0. The standard InChI is InChI=1S/C20H16BrClFNO3/c1-11-15(20(27-24-11)13-7-8-16(21)18(23)9-13)10-19(25)26-12(2)14-5-3-4-6-17(14)22/h3-9,12H,10H2,1-2H3/t12-/m1/s1. The Balaban J connectivity index is 1.79.